The summed E-state index contributed by atoms with van der Waals surface area (Å²) in [5.41, 5.74) is 1.07. The Bertz CT molecular complexity index is 919. The highest BCUT2D eigenvalue weighted by Crippen LogP contribution is 2.23. The zero-order valence-corrected chi connectivity index (χ0v) is 15.4. The van der Waals surface area contributed by atoms with Crippen LogP contribution in [0.25, 0.3) is 4.96 Å². The second-order valence-corrected chi connectivity index (χ2v) is 7.69. The molecule has 1 unspecified atom stereocenters. The van der Waals surface area contributed by atoms with E-state index in [1.807, 2.05) is 11.8 Å². The van der Waals surface area contributed by atoms with Crippen LogP contribution in [0.5, 0.6) is 0 Å². The van der Waals surface area contributed by atoms with Crippen molar-refractivity contribution < 1.29 is 9.18 Å². The van der Waals surface area contributed by atoms with Crippen LogP contribution in [-0.4, -0.2) is 43.2 Å². The average Bonchev–Trinajstić information content (AvgIpc) is 3.33. The molecule has 0 bridgehead atoms. The Labute approximate surface area is 154 Å². The Hall–Kier alpha value is -2.35. The van der Waals surface area contributed by atoms with Crippen molar-refractivity contribution in [1.82, 2.24) is 24.7 Å². The highest BCUT2D eigenvalue weighted by molar-refractivity contribution is 7.16. The molecule has 6 nitrogen and oxygen atoms in total. The van der Waals surface area contributed by atoms with Crippen LogP contribution in [0.15, 0.2) is 24.3 Å². The zero-order valence-electron chi connectivity index (χ0n) is 14.6. The first kappa shape index (κ1) is 17.1. The molecule has 0 spiro atoms. The summed E-state index contributed by atoms with van der Waals surface area (Å²) in [7, 11) is 0. The van der Waals surface area contributed by atoms with E-state index in [4.69, 9.17) is 0 Å². The van der Waals surface area contributed by atoms with E-state index in [0.717, 1.165) is 47.2 Å². The first-order valence-electron chi connectivity index (χ1n) is 8.82. The van der Waals surface area contributed by atoms with Gasteiger partial charge in [-0.05, 0) is 43.9 Å². The third kappa shape index (κ3) is 3.46. The van der Waals surface area contributed by atoms with Crippen LogP contribution in [0.4, 0.5) is 4.39 Å². The number of aromatic nitrogens is 4. The van der Waals surface area contributed by atoms with Gasteiger partial charge in [0.05, 0.1) is 0 Å². The number of hydrogen-bond acceptors (Lipinski definition) is 5. The van der Waals surface area contributed by atoms with Crippen molar-refractivity contribution in [2.24, 2.45) is 0 Å². The molecule has 3 heterocycles. The number of likely N-dealkylation sites (tertiary alicyclic amines) is 1. The van der Waals surface area contributed by atoms with Gasteiger partial charge in [-0.25, -0.2) is 4.39 Å². The molecule has 4 rings (SSSR count). The number of benzene rings is 1. The van der Waals surface area contributed by atoms with Crippen molar-refractivity contribution in [2.75, 3.05) is 6.54 Å². The second kappa shape index (κ2) is 7.11. The number of halogens is 1. The summed E-state index contributed by atoms with van der Waals surface area (Å²) in [4.78, 5) is 15.4. The van der Waals surface area contributed by atoms with Gasteiger partial charge in [0.25, 0.3) is 0 Å². The summed E-state index contributed by atoms with van der Waals surface area (Å²) in [5.74, 6) is 0.693. The molecule has 1 atom stereocenters. The molecular formula is C18H20FN5OS. The Morgan fingerprint density at radius 1 is 1.31 bits per heavy atom. The largest absolute Gasteiger partial charge is 0.339 e. The minimum atomic E-state index is -0.228. The highest BCUT2D eigenvalue weighted by Gasteiger charge is 2.28. The topological polar surface area (TPSA) is 63.4 Å². The summed E-state index contributed by atoms with van der Waals surface area (Å²) >= 11 is 1.48. The summed E-state index contributed by atoms with van der Waals surface area (Å²) in [6.45, 7) is 2.66. The van der Waals surface area contributed by atoms with E-state index < -0.39 is 0 Å². The van der Waals surface area contributed by atoms with Crippen molar-refractivity contribution in [1.29, 1.82) is 0 Å². The van der Waals surface area contributed by atoms with Gasteiger partial charge in [0.2, 0.25) is 10.9 Å². The van der Waals surface area contributed by atoms with Crippen molar-refractivity contribution in [3.05, 3.63) is 46.5 Å². The van der Waals surface area contributed by atoms with Gasteiger partial charge < -0.3 is 4.90 Å². The molecule has 0 N–H and O–H groups in total. The predicted octanol–water partition coefficient (Wildman–Crippen LogP) is 2.80. The number of amides is 1. The normalized spacial score (nSPS) is 17.3. The number of fused-ring (bicyclic) bond motifs is 1. The van der Waals surface area contributed by atoms with Gasteiger partial charge in [-0.2, -0.15) is 9.61 Å². The van der Waals surface area contributed by atoms with E-state index in [1.54, 1.807) is 16.6 Å². The molecule has 1 saturated heterocycles. The molecule has 2 aromatic heterocycles. The van der Waals surface area contributed by atoms with E-state index in [9.17, 15) is 9.18 Å². The van der Waals surface area contributed by atoms with Crippen molar-refractivity contribution in [2.45, 2.75) is 45.1 Å². The second-order valence-electron chi connectivity index (χ2n) is 6.65. The lowest BCUT2D eigenvalue weighted by Gasteiger charge is -2.25. The van der Waals surface area contributed by atoms with E-state index in [2.05, 4.69) is 15.3 Å². The SMILES string of the molecule is Cc1nnc2sc(CCC(=O)N3CCCC3Cc3ccc(F)cc3)nn12. The minimum absolute atomic E-state index is 0.164. The number of aryl methyl sites for hydroxylation is 2. The third-order valence-corrected chi connectivity index (χ3v) is 5.78. The van der Waals surface area contributed by atoms with Crippen LogP contribution in [0, 0.1) is 12.7 Å². The minimum Gasteiger partial charge on any atom is -0.339 e. The molecule has 136 valence electrons. The molecule has 0 saturated carbocycles. The lowest BCUT2D eigenvalue weighted by atomic mass is 10.0. The van der Waals surface area contributed by atoms with Gasteiger partial charge in [-0.1, -0.05) is 23.5 Å². The number of carbonyl (C=O) groups is 1. The molecule has 8 heteroatoms. The highest BCUT2D eigenvalue weighted by atomic mass is 32.1. The summed E-state index contributed by atoms with van der Waals surface area (Å²) in [6, 6.07) is 6.77. The number of hydrogen-bond donors (Lipinski definition) is 0. The Morgan fingerprint density at radius 3 is 2.88 bits per heavy atom. The number of nitrogens with zero attached hydrogens (tertiary/aromatic N) is 5. The maximum Gasteiger partial charge on any atom is 0.234 e. The summed E-state index contributed by atoms with van der Waals surface area (Å²) < 4.78 is 14.8. The molecule has 1 aliphatic heterocycles. The predicted molar refractivity (Wildman–Crippen MR) is 96.6 cm³/mol. The molecule has 1 fully saturated rings. The summed E-state index contributed by atoms with van der Waals surface area (Å²) in [5, 5.41) is 13.4. The molecule has 0 radical (unpaired) electrons. The average molecular weight is 373 g/mol. The zero-order chi connectivity index (χ0) is 18.1. The lowest BCUT2D eigenvalue weighted by molar-refractivity contribution is -0.131. The van der Waals surface area contributed by atoms with Gasteiger partial charge >= 0.3 is 0 Å². The maximum atomic E-state index is 13.1. The van der Waals surface area contributed by atoms with Crippen LogP contribution in [-0.2, 0) is 17.6 Å². The monoisotopic (exact) mass is 373 g/mol. The fourth-order valence-corrected chi connectivity index (χ4v) is 4.36. The van der Waals surface area contributed by atoms with Crippen LogP contribution in [0.2, 0.25) is 0 Å². The van der Waals surface area contributed by atoms with E-state index >= 15 is 0 Å². The van der Waals surface area contributed by atoms with E-state index in [0.29, 0.717) is 12.8 Å². The van der Waals surface area contributed by atoms with Crippen LogP contribution in [0.3, 0.4) is 0 Å². The number of carbonyl (C=O) groups excluding carboxylic acids is 1. The molecule has 1 aliphatic rings. The smallest absolute Gasteiger partial charge is 0.234 e. The van der Waals surface area contributed by atoms with Gasteiger partial charge in [0, 0.05) is 25.4 Å². The first-order chi connectivity index (χ1) is 12.6. The van der Waals surface area contributed by atoms with Crippen molar-refractivity contribution in [3.8, 4) is 0 Å². The standard InChI is InChI=1S/C18H20FN5OS/c1-12-20-21-18-24(12)22-16(26-18)8-9-17(25)23-10-2-3-15(23)11-13-4-6-14(19)7-5-13/h4-7,15H,2-3,8-11H2,1H3. The van der Waals surface area contributed by atoms with Crippen molar-refractivity contribution in [3.63, 3.8) is 0 Å². The third-order valence-electron chi connectivity index (χ3n) is 4.82. The van der Waals surface area contributed by atoms with E-state index in [1.165, 1.54) is 23.5 Å². The molecule has 0 aliphatic carbocycles. The first-order valence-corrected chi connectivity index (χ1v) is 9.63. The molecule has 1 amide bonds. The Kier molecular flexibility index (Phi) is 4.67. The molecule has 26 heavy (non-hydrogen) atoms. The van der Waals surface area contributed by atoms with Gasteiger partial charge in [0.15, 0.2) is 5.82 Å². The summed E-state index contributed by atoms with van der Waals surface area (Å²) in [6.07, 6.45) is 3.86. The maximum absolute atomic E-state index is 13.1. The molecular weight excluding hydrogens is 353 g/mol. The fourth-order valence-electron chi connectivity index (χ4n) is 3.48. The van der Waals surface area contributed by atoms with Gasteiger partial charge in [0.1, 0.15) is 10.8 Å². The number of rotatable bonds is 5. The fraction of sp³-hybridized carbons (Fsp3) is 0.444. The van der Waals surface area contributed by atoms with Gasteiger partial charge in [-0.3, -0.25) is 4.79 Å². The Morgan fingerprint density at radius 2 is 2.12 bits per heavy atom. The van der Waals surface area contributed by atoms with Crippen LogP contribution >= 0.6 is 11.3 Å². The quantitative estimate of drug-likeness (QED) is 0.690. The Balaban J connectivity index is 1.37. The van der Waals surface area contributed by atoms with Crippen LogP contribution < -0.4 is 0 Å². The van der Waals surface area contributed by atoms with Gasteiger partial charge in [-0.15, -0.1) is 10.2 Å². The lowest BCUT2D eigenvalue weighted by Crippen LogP contribution is -2.36. The van der Waals surface area contributed by atoms with E-state index in [-0.39, 0.29) is 17.8 Å². The molecule has 1 aromatic carbocycles. The van der Waals surface area contributed by atoms with Crippen molar-refractivity contribution >= 4 is 22.2 Å². The molecule has 3 aromatic rings. The van der Waals surface area contributed by atoms with Crippen LogP contribution in [0.1, 0.15) is 35.7 Å².